The van der Waals surface area contributed by atoms with Gasteiger partial charge in [-0.3, -0.25) is 9.69 Å². The van der Waals surface area contributed by atoms with Crippen molar-refractivity contribution in [1.29, 1.82) is 0 Å². The van der Waals surface area contributed by atoms with Crippen LogP contribution in [0.25, 0.3) is 0 Å². The van der Waals surface area contributed by atoms with Crippen LogP contribution in [-0.2, 0) is 21.3 Å². The monoisotopic (exact) mass is 489 g/mol. The molecule has 4 rings (SSSR count). The Kier molecular flexibility index (Phi) is 7.67. The predicted molar refractivity (Wildman–Crippen MR) is 127 cm³/mol. The lowest BCUT2D eigenvalue weighted by Crippen LogP contribution is -2.48. The fourth-order valence-electron chi connectivity index (χ4n) is 4.63. The molecular formula is C25H32FN3O4S. The topological polar surface area (TPSA) is 79.0 Å². The molecule has 0 saturated carbocycles. The highest BCUT2D eigenvalue weighted by atomic mass is 32.2. The average molecular weight is 490 g/mol. The van der Waals surface area contributed by atoms with Gasteiger partial charge in [-0.25, -0.2) is 12.8 Å². The van der Waals surface area contributed by atoms with Gasteiger partial charge in [0.1, 0.15) is 5.82 Å². The molecule has 2 saturated heterocycles. The van der Waals surface area contributed by atoms with Crippen molar-refractivity contribution >= 4 is 15.9 Å². The summed E-state index contributed by atoms with van der Waals surface area (Å²) in [6.07, 6.45) is 1.24. The van der Waals surface area contributed by atoms with Gasteiger partial charge in [0.05, 0.1) is 17.1 Å². The molecule has 2 atom stereocenters. The summed E-state index contributed by atoms with van der Waals surface area (Å²) in [5, 5.41) is 3.06. The SMILES string of the molecule is CC1CN(S(=O)(=O)c2cccc(C(=O)NC3CCN(Cc4ccc(F)cc4)CC3)c2)CC(C)O1. The van der Waals surface area contributed by atoms with Crippen LogP contribution in [-0.4, -0.2) is 68.0 Å². The van der Waals surface area contributed by atoms with Gasteiger partial charge in [-0.2, -0.15) is 4.31 Å². The van der Waals surface area contributed by atoms with Crippen molar-refractivity contribution < 1.29 is 22.3 Å². The second-order valence-corrected chi connectivity index (χ2v) is 11.2. The maximum absolute atomic E-state index is 13.2. The van der Waals surface area contributed by atoms with Crippen molar-refractivity contribution in [1.82, 2.24) is 14.5 Å². The number of carbonyl (C=O) groups is 1. The number of morpholine rings is 1. The van der Waals surface area contributed by atoms with E-state index in [4.69, 9.17) is 4.74 Å². The van der Waals surface area contributed by atoms with E-state index < -0.39 is 10.0 Å². The lowest BCUT2D eigenvalue weighted by molar-refractivity contribution is -0.0440. The van der Waals surface area contributed by atoms with E-state index in [1.807, 2.05) is 13.8 Å². The number of ether oxygens (including phenoxy) is 1. The molecule has 0 spiro atoms. The van der Waals surface area contributed by atoms with E-state index in [-0.39, 0.29) is 34.9 Å². The number of likely N-dealkylation sites (tertiary alicyclic amines) is 1. The Morgan fingerprint density at radius 2 is 1.71 bits per heavy atom. The summed E-state index contributed by atoms with van der Waals surface area (Å²) in [7, 11) is -3.71. The second kappa shape index (κ2) is 10.5. The van der Waals surface area contributed by atoms with Gasteiger partial charge in [0.25, 0.3) is 5.91 Å². The number of nitrogens with one attached hydrogen (secondary N) is 1. The highest BCUT2D eigenvalue weighted by Crippen LogP contribution is 2.22. The van der Waals surface area contributed by atoms with Crippen molar-refractivity contribution in [3.8, 4) is 0 Å². The quantitative estimate of drug-likeness (QED) is 0.675. The number of hydrogen-bond acceptors (Lipinski definition) is 5. The second-order valence-electron chi connectivity index (χ2n) is 9.26. The van der Waals surface area contributed by atoms with E-state index in [1.54, 1.807) is 24.3 Å². The summed E-state index contributed by atoms with van der Waals surface area (Å²) in [5.41, 5.74) is 1.40. The molecule has 0 aliphatic carbocycles. The van der Waals surface area contributed by atoms with E-state index >= 15 is 0 Å². The van der Waals surface area contributed by atoms with E-state index in [0.717, 1.165) is 38.0 Å². The van der Waals surface area contributed by atoms with Crippen LogP contribution in [0.2, 0.25) is 0 Å². The smallest absolute Gasteiger partial charge is 0.251 e. The molecule has 0 aromatic heterocycles. The maximum atomic E-state index is 13.2. The number of halogens is 1. The molecule has 2 fully saturated rings. The third-order valence-corrected chi connectivity index (χ3v) is 8.19. The molecule has 2 heterocycles. The third-order valence-electron chi connectivity index (χ3n) is 6.36. The number of benzene rings is 2. The molecule has 2 aliphatic heterocycles. The zero-order valence-electron chi connectivity index (χ0n) is 19.6. The molecule has 0 radical (unpaired) electrons. The minimum atomic E-state index is -3.71. The number of hydrogen-bond donors (Lipinski definition) is 1. The summed E-state index contributed by atoms with van der Waals surface area (Å²) in [5.74, 6) is -0.506. The van der Waals surface area contributed by atoms with Crippen molar-refractivity contribution in [2.75, 3.05) is 26.2 Å². The van der Waals surface area contributed by atoms with Crippen LogP contribution >= 0.6 is 0 Å². The number of rotatable bonds is 6. The third kappa shape index (κ3) is 6.02. The first-order valence-electron chi connectivity index (χ1n) is 11.7. The summed E-state index contributed by atoms with van der Waals surface area (Å²) in [6, 6.07) is 12.8. The Hall–Kier alpha value is -2.33. The van der Waals surface area contributed by atoms with Crippen LogP contribution in [0.1, 0.15) is 42.6 Å². The number of amides is 1. The van der Waals surface area contributed by atoms with E-state index in [0.29, 0.717) is 18.7 Å². The number of sulfonamides is 1. The van der Waals surface area contributed by atoms with E-state index in [9.17, 15) is 17.6 Å². The first-order valence-corrected chi connectivity index (χ1v) is 13.2. The molecule has 1 N–H and O–H groups in total. The highest BCUT2D eigenvalue weighted by molar-refractivity contribution is 7.89. The van der Waals surface area contributed by atoms with Crippen molar-refractivity contribution in [3.05, 3.63) is 65.5 Å². The van der Waals surface area contributed by atoms with Crippen LogP contribution < -0.4 is 5.32 Å². The van der Waals surface area contributed by atoms with Gasteiger partial charge in [-0.15, -0.1) is 0 Å². The zero-order valence-corrected chi connectivity index (χ0v) is 20.4. The predicted octanol–water partition coefficient (Wildman–Crippen LogP) is 3.02. The van der Waals surface area contributed by atoms with Crippen molar-refractivity contribution in [2.45, 2.75) is 56.4 Å². The molecule has 2 aromatic rings. The molecule has 2 unspecified atom stereocenters. The van der Waals surface area contributed by atoms with Gasteiger partial charge in [-0.1, -0.05) is 18.2 Å². The van der Waals surface area contributed by atoms with E-state index in [2.05, 4.69) is 10.2 Å². The Balaban J connectivity index is 1.34. The summed E-state index contributed by atoms with van der Waals surface area (Å²) >= 11 is 0. The van der Waals surface area contributed by atoms with Crippen LogP contribution in [0, 0.1) is 5.82 Å². The van der Waals surface area contributed by atoms with Crippen molar-refractivity contribution in [3.63, 3.8) is 0 Å². The van der Waals surface area contributed by atoms with Crippen LogP contribution in [0.15, 0.2) is 53.4 Å². The number of carbonyl (C=O) groups excluding carboxylic acids is 1. The Morgan fingerprint density at radius 1 is 1.06 bits per heavy atom. The average Bonchev–Trinajstić information content (AvgIpc) is 2.81. The van der Waals surface area contributed by atoms with Gasteiger partial charge in [0.15, 0.2) is 0 Å². The normalized spacial score (nSPS) is 23.0. The highest BCUT2D eigenvalue weighted by Gasteiger charge is 2.32. The van der Waals surface area contributed by atoms with Gasteiger partial charge >= 0.3 is 0 Å². The molecule has 2 aromatic carbocycles. The zero-order chi connectivity index (χ0) is 24.3. The fraction of sp³-hybridized carbons (Fsp3) is 0.480. The molecule has 184 valence electrons. The molecule has 9 heteroatoms. The number of nitrogens with zero attached hydrogens (tertiary/aromatic N) is 2. The summed E-state index contributed by atoms with van der Waals surface area (Å²) in [4.78, 5) is 15.3. The lowest BCUT2D eigenvalue weighted by atomic mass is 10.0. The van der Waals surface area contributed by atoms with Crippen LogP contribution in [0.3, 0.4) is 0 Å². The van der Waals surface area contributed by atoms with Gasteiger partial charge in [-0.05, 0) is 62.6 Å². The van der Waals surface area contributed by atoms with Crippen LogP contribution in [0.4, 0.5) is 4.39 Å². The molecule has 0 bridgehead atoms. The summed E-state index contributed by atoms with van der Waals surface area (Å²) < 4.78 is 46.5. The van der Waals surface area contributed by atoms with Gasteiger partial charge in [0, 0.05) is 44.3 Å². The maximum Gasteiger partial charge on any atom is 0.251 e. The molecule has 2 aliphatic rings. The molecule has 7 nitrogen and oxygen atoms in total. The Labute approximate surface area is 200 Å². The van der Waals surface area contributed by atoms with E-state index in [1.165, 1.54) is 28.6 Å². The van der Waals surface area contributed by atoms with Crippen LogP contribution in [0.5, 0.6) is 0 Å². The van der Waals surface area contributed by atoms with Crippen molar-refractivity contribution in [2.24, 2.45) is 0 Å². The van der Waals surface area contributed by atoms with Gasteiger partial charge in [0.2, 0.25) is 10.0 Å². The molecule has 1 amide bonds. The Morgan fingerprint density at radius 3 is 2.35 bits per heavy atom. The first kappa shape index (κ1) is 24.8. The minimum Gasteiger partial charge on any atom is -0.373 e. The lowest BCUT2D eigenvalue weighted by Gasteiger charge is -2.34. The first-order chi connectivity index (χ1) is 16.2. The standard InChI is InChI=1S/C25H32FN3O4S/c1-18-15-29(16-19(2)33-18)34(31,32)24-5-3-4-21(14-24)25(30)27-23-10-12-28(13-11-23)17-20-6-8-22(26)9-7-20/h3-9,14,18-19,23H,10-13,15-17H2,1-2H3,(H,27,30). The minimum absolute atomic E-state index is 0.0261. The molecule has 34 heavy (non-hydrogen) atoms. The summed E-state index contributed by atoms with van der Waals surface area (Å²) in [6.45, 7) is 6.69. The number of piperidine rings is 1. The van der Waals surface area contributed by atoms with Gasteiger partial charge < -0.3 is 10.1 Å². The largest absolute Gasteiger partial charge is 0.373 e. The molecular weight excluding hydrogens is 457 g/mol. The fourth-order valence-corrected chi connectivity index (χ4v) is 6.26. The Bertz CT molecular complexity index is 1090.